The van der Waals surface area contributed by atoms with Gasteiger partial charge in [0.1, 0.15) is 11.6 Å². The summed E-state index contributed by atoms with van der Waals surface area (Å²) in [5.74, 6) is -1.19. The van der Waals surface area contributed by atoms with Gasteiger partial charge in [0.25, 0.3) is 0 Å². The smallest absolute Gasteiger partial charge is 0.168 e. The highest BCUT2D eigenvalue weighted by Gasteiger charge is 2.11. The summed E-state index contributed by atoms with van der Waals surface area (Å²) >= 11 is 0. The molecule has 1 heterocycles. The van der Waals surface area contributed by atoms with Gasteiger partial charge >= 0.3 is 0 Å². The largest absolute Gasteiger partial charge is 0.454 e. The van der Waals surface area contributed by atoms with Crippen molar-refractivity contribution in [3.05, 3.63) is 65.9 Å². The standard InChI is InChI=1S/C16H11F2NO2/c17-10-5-6-15(13(18)7-10)21-16-8-11(9-20)19-14-4-2-1-3-12(14)16/h1-8,20H,9H2. The number of benzene rings is 2. The van der Waals surface area contributed by atoms with Crippen LogP contribution in [0.25, 0.3) is 10.9 Å². The lowest BCUT2D eigenvalue weighted by atomic mass is 10.2. The number of nitrogens with zero attached hydrogens (tertiary/aromatic N) is 1. The first kappa shape index (κ1) is 13.5. The maximum Gasteiger partial charge on any atom is 0.168 e. The zero-order valence-corrected chi connectivity index (χ0v) is 10.9. The van der Waals surface area contributed by atoms with Crippen molar-refractivity contribution in [2.24, 2.45) is 0 Å². The van der Waals surface area contributed by atoms with Crippen molar-refractivity contribution in [1.82, 2.24) is 4.98 Å². The SMILES string of the molecule is OCc1cc(Oc2ccc(F)cc2F)c2ccccc2n1. The van der Waals surface area contributed by atoms with E-state index in [1.54, 1.807) is 24.3 Å². The van der Waals surface area contributed by atoms with Crippen molar-refractivity contribution in [1.29, 1.82) is 0 Å². The number of rotatable bonds is 3. The quantitative estimate of drug-likeness (QED) is 0.796. The number of aromatic nitrogens is 1. The lowest BCUT2D eigenvalue weighted by Crippen LogP contribution is -1.95. The molecule has 0 saturated heterocycles. The topological polar surface area (TPSA) is 42.4 Å². The summed E-state index contributed by atoms with van der Waals surface area (Å²) in [6, 6.07) is 11.8. The molecule has 1 N–H and O–H groups in total. The Morgan fingerprint density at radius 2 is 1.81 bits per heavy atom. The molecule has 5 heteroatoms. The molecule has 0 aliphatic carbocycles. The molecule has 0 amide bonds. The molecule has 3 nitrogen and oxygen atoms in total. The Morgan fingerprint density at radius 3 is 2.57 bits per heavy atom. The van der Waals surface area contributed by atoms with Crippen LogP contribution in [0.5, 0.6) is 11.5 Å². The van der Waals surface area contributed by atoms with E-state index in [-0.39, 0.29) is 12.4 Å². The number of pyridine rings is 1. The van der Waals surface area contributed by atoms with E-state index >= 15 is 0 Å². The van der Waals surface area contributed by atoms with Gasteiger partial charge in [-0.2, -0.15) is 0 Å². The normalized spacial score (nSPS) is 10.8. The van der Waals surface area contributed by atoms with Crippen molar-refractivity contribution in [3.63, 3.8) is 0 Å². The predicted molar refractivity (Wildman–Crippen MR) is 74.1 cm³/mol. The second-order valence-electron chi connectivity index (χ2n) is 4.46. The summed E-state index contributed by atoms with van der Waals surface area (Å²) in [5, 5.41) is 9.92. The molecule has 0 unspecified atom stereocenters. The van der Waals surface area contributed by atoms with Crippen LogP contribution in [-0.4, -0.2) is 10.1 Å². The minimum atomic E-state index is -0.790. The van der Waals surface area contributed by atoms with E-state index in [1.807, 2.05) is 0 Å². The number of fused-ring (bicyclic) bond motifs is 1. The molecule has 0 spiro atoms. The Hall–Kier alpha value is -2.53. The van der Waals surface area contributed by atoms with Gasteiger partial charge in [0, 0.05) is 17.5 Å². The average molecular weight is 287 g/mol. The predicted octanol–water partition coefficient (Wildman–Crippen LogP) is 3.80. The van der Waals surface area contributed by atoms with E-state index in [1.165, 1.54) is 12.1 Å². The fraction of sp³-hybridized carbons (Fsp3) is 0.0625. The van der Waals surface area contributed by atoms with Gasteiger partial charge in [-0.1, -0.05) is 12.1 Å². The first-order valence-corrected chi connectivity index (χ1v) is 6.30. The third-order valence-corrected chi connectivity index (χ3v) is 3.01. The fourth-order valence-corrected chi connectivity index (χ4v) is 2.04. The van der Waals surface area contributed by atoms with Crippen LogP contribution in [0, 0.1) is 11.6 Å². The maximum atomic E-state index is 13.7. The van der Waals surface area contributed by atoms with Gasteiger partial charge in [0.2, 0.25) is 0 Å². The number of para-hydroxylation sites is 1. The van der Waals surface area contributed by atoms with Crippen LogP contribution in [0.3, 0.4) is 0 Å². The average Bonchev–Trinajstić information content (AvgIpc) is 2.49. The summed E-state index contributed by atoms with van der Waals surface area (Å²) in [6.07, 6.45) is 0. The van der Waals surface area contributed by atoms with E-state index in [0.717, 1.165) is 12.1 Å². The van der Waals surface area contributed by atoms with E-state index in [4.69, 9.17) is 4.74 Å². The molecule has 0 aliphatic heterocycles. The van der Waals surface area contributed by atoms with Crippen LogP contribution >= 0.6 is 0 Å². The molecule has 3 aromatic rings. The maximum absolute atomic E-state index is 13.7. The van der Waals surface area contributed by atoms with Gasteiger partial charge in [-0.05, 0) is 24.3 Å². The highest BCUT2D eigenvalue weighted by Crippen LogP contribution is 2.31. The summed E-state index contributed by atoms with van der Waals surface area (Å²) in [6.45, 7) is -0.257. The molecule has 0 radical (unpaired) electrons. The highest BCUT2D eigenvalue weighted by molar-refractivity contribution is 5.85. The van der Waals surface area contributed by atoms with Crippen LogP contribution in [-0.2, 0) is 6.61 Å². The molecule has 0 fully saturated rings. The molecule has 0 bridgehead atoms. The number of halogens is 2. The second-order valence-corrected chi connectivity index (χ2v) is 4.46. The summed E-state index contributed by atoms with van der Waals surface area (Å²) in [7, 11) is 0. The van der Waals surface area contributed by atoms with Gasteiger partial charge < -0.3 is 9.84 Å². The third-order valence-electron chi connectivity index (χ3n) is 3.01. The lowest BCUT2D eigenvalue weighted by molar-refractivity contribution is 0.276. The van der Waals surface area contributed by atoms with Gasteiger partial charge in [-0.15, -0.1) is 0 Å². The van der Waals surface area contributed by atoms with E-state index in [2.05, 4.69) is 4.98 Å². The molecular weight excluding hydrogens is 276 g/mol. The van der Waals surface area contributed by atoms with Crippen LogP contribution in [0.4, 0.5) is 8.78 Å². The molecule has 106 valence electrons. The summed E-state index contributed by atoms with van der Waals surface area (Å²) in [4.78, 5) is 4.25. The van der Waals surface area contributed by atoms with Crippen LogP contribution in [0.15, 0.2) is 48.5 Å². The molecule has 0 aliphatic rings. The van der Waals surface area contributed by atoms with E-state index in [0.29, 0.717) is 22.3 Å². The Kier molecular flexibility index (Phi) is 3.50. The third kappa shape index (κ3) is 2.68. The Bertz CT molecular complexity index is 805. The van der Waals surface area contributed by atoms with Gasteiger partial charge in [0.15, 0.2) is 11.6 Å². The number of hydrogen-bond acceptors (Lipinski definition) is 3. The zero-order valence-electron chi connectivity index (χ0n) is 10.9. The van der Waals surface area contributed by atoms with Gasteiger partial charge in [-0.25, -0.2) is 8.78 Å². The number of aliphatic hydroxyl groups is 1. The minimum Gasteiger partial charge on any atom is -0.454 e. The highest BCUT2D eigenvalue weighted by atomic mass is 19.1. The number of ether oxygens (including phenoxy) is 1. The molecule has 1 aromatic heterocycles. The first-order valence-electron chi connectivity index (χ1n) is 6.30. The Labute approximate surface area is 119 Å². The van der Waals surface area contributed by atoms with E-state index < -0.39 is 11.6 Å². The van der Waals surface area contributed by atoms with Crippen LogP contribution in [0.2, 0.25) is 0 Å². The van der Waals surface area contributed by atoms with Crippen molar-refractivity contribution in [3.8, 4) is 11.5 Å². The Balaban J connectivity index is 2.10. The first-order chi connectivity index (χ1) is 10.2. The fourth-order valence-electron chi connectivity index (χ4n) is 2.04. The molecule has 0 saturated carbocycles. The van der Waals surface area contributed by atoms with Crippen molar-refractivity contribution in [2.45, 2.75) is 6.61 Å². The molecule has 3 rings (SSSR count). The molecule has 2 aromatic carbocycles. The van der Waals surface area contributed by atoms with Crippen molar-refractivity contribution in [2.75, 3.05) is 0 Å². The van der Waals surface area contributed by atoms with Gasteiger partial charge in [0.05, 0.1) is 17.8 Å². The monoisotopic (exact) mass is 287 g/mol. The lowest BCUT2D eigenvalue weighted by Gasteiger charge is -2.11. The summed E-state index contributed by atoms with van der Waals surface area (Å²) < 4.78 is 32.1. The van der Waals surface area contributed by atoms with Crippen LogP contribution < -0.4 is 4.74 Å². The Morgan fingerprint density at radius 1 is 1.00 bits per heavy atom. The van der Waals surface area contributed by atoms with Crippen molar-refractivity contribution >= 4 is 10.9 Å². The molecule has 21 heavy (non-hydrogen) atoms. The van der Waals surface area contributed by atoms with Crippen molar-refractivity contribution < 1.29 is 18.6 Å². The second kappa shape index (κ2) is 5.46. The molecular formula is C16H11F2NO2. The number of aliphatic hydroxyl groups excluding tert-OH is 1. The van der Waals surface area contributed by atoms with Gasteiger partial charge in [-0.3, -0.25) is 4.98 Å². The molecule has 0 atom stereocenters. The summed E-state index contributed by atoms with van der Waals surface area (Å²) in [5.41, 5.74) is 1.03. The number of hydrogen-bond donors (Lipinski definition) is 1. The van der Waals surface area contributed by atoms with E-state index in [9.17, 15) is 13.9 Å². The minimum absolute atomic E-state index is 0.0864. The van der Waals surface area contributed by atoms with Crippen LogP contribution in [0.1, 0.15) is 5.69 Å². The zero-order chi connectivity index (χ0) is 14.8.